The number of hydrogen-bond acceptors (Lipinski definition) is 4. The fourth-order valence-corrected chi connectivity index (χ4v) is 2.40. The highest BCUT2D eigenvalue weighted by Crippen LogP contribution is 2.24. The highest BCUT2D eigenvalue weighted by atomic mass is 16.5. The number of ether oxygens (including phenoxy) is 2. The third kappa shape index (κ3) is 1.77. The largest absolute Gasteiger partial charge is 0.468 e. The molecule has 0 bridgehead atoms. The van der Waals surface area contributed by atoms with E-state index in [1.54, 1.807) is 0 Å². The van der Waals surface area contributed by atoms with Crippen LogP contribution in [0.4, 0.5) is 0 Å². The Hall–Kier alpha value is -0.610. The van der Waals surface area contributed by atoms with Crippen LogP contribution in [0.15, 0.2) is 0 Å². The number of methoxy groups -OCH3 is 1. The van der Waals surface area contributed by atoms with Crippen molar-refractivity contribution in [3.8, 4) is 0 Å². The molecule has 2 aliphatic heterocycles. The minimum Gasteiger partial charge on any atom is -0.468 e. The third-order valence-electron chi connectivity index (χ3n) is 3.14. The fourth-order valence-electron chi connectivity index (χ4n) is 2.40. The molecule has 2 saturated heterocycles. The van der Waals surface area contributed by atoms with Crippen LogP contribution in [-0.4, -0.2) is 49.8 Å². The molecular formula is C10H17NO3. The molecule has 0 spiro atoms. The predicted octanol–water partition coefficient (Wildman–Crippen LogP) is 0.413. The smallest absolute Gasteiger partial charge is 0.323 e. The van der Waals surface area contributed by atoms with E-state index in [1.165, 1.54) is 7.11 Å². The molecule has 0 radical (unpaired) electrons. The molecule has 14 heavy (non-hydrogen) atoms. The Balaban J connectivity index is 1.98. The van der Waals surface area contributed by atoms with Crippen LogP contribution < -0.4 is 0 Å². The van der Waals surface area contributed by atoms with E-state index in [1.807, 2.05) is 0 Å². The summed E-state index contributed by atoms with van der Waals surface area (Å²) in [5.41, 5.74) is 0. The van der Waals surface area contributed by atoms with Gasteiger partial charge in [0.25, 0.3) is 0 Å². The molecule has 0 aromatic carbocycles. The maximum atomic E-state index is 11.5. The molecule has 0 aromatic rings. The molecule has 0 aromatic heterocycles. The van der Waals surface area contributed by atoms with Gasteiger partial charge in [-0.25, -0.2) is 0 Å². The first-order valence-corrected chi connectivity index (χ1v) is 5.24. The van der Waals surface area contributed by atoms with Crippen molar-refractivity contribution in [1.29, 1.82) is 0 Å². The molecule has 0 saturated carbocycles. The van der Waals surface area contributed by atoms with Crippen LogP contribution in [-0.2, 0) is 14.3 Å². The molecule has 2 fully saturated rings. The second kappa shape index (κ2) is 4.28. The fraction of sp³-hybridized carbons (Fsp3) is 0.900. The molecular weight excluding hydrogens is 182 g/mol. The van der Waals surface area contributed by atoms with Gasteiger partial charge in [-0.1, -0.05) is 0 Å². The van der Waals surface area contributed by atoms with Gasteiger partial charge >= 0.3 is 5.97 Å². The maximum absolute atomic E-state index is 11.5. The summed E-state index contributed by atoms with van der Waals surface area (Å²) < 4.78 is 10.1. The second-order valence-corrected chi connectivity index (χ2v) is 3.94. The number of hydrogen-bond donors (Lipinski definition) is 0. The van der Waals surface area contributed by atoms with E-state index in [4.69, 9.17) is 9.47 Å². The van der Waals surface area contributed by atoms with E-state index in [2.05, 4.69) is 4.90 Å². The van der Waals surface area contributed by atoms with Crippen LogP contribution in [0.1, 0.15) is 19.3 Å². The first kappa shape index (κ1) is 9.93. The average molecular weight is 199 g/mol. The zero-order chi connectivity index (χ0) is 9.97. The van der Waals surface area contributed by atoms with Crippen molar-refractivity contribution in [3.63, 3.8) is 0 Å². The van der Waals surface area contributed by atoms with Crippen molar-refractivity contribution in [2.75, 3.05) is 26.9 Å². The van der Waals surface area contributed by atoms with E-state index in [-0.39, 0.29) is 12.0 Å². The Morgan fingerprint density at radius 2 is 2.36 bits per heavy atom. The van der Waals surface area contributed by atoms with Gasteiger partial charge in [-0.3, -0.25) is 9.69 Å². The summed E-state index contributed by atoms with van der Waals surface area (Å²) in [7, 11) is 1.46. The SMILES string of the molecule is COC(=O)C1CCCN1C1CCOC1. The summed E-state index contributed by atoms with van der Waals surface area (Å²) in [5, 5.41) is 0. The Bertz CT molecular complexity index is 213. The van der Waals surface area contributed by atoms with Crippen LogP contribution in [0.25, 0.3) is 0 Å². The molecule has 2 aliphatic rings. The summed E-state index contributed by atoms with van der Waals surface area (Å²) in [5.74, 6) is -0.0885. The summed E-state index contributed by atoms with van der Waals surface area (Å²) >= 11 is 0. The molecule has 2 unspecified atom stereocenters. The first-order chi connectivity index (χ1) is 6.83. The van der Waals surface area contributed by atoms with Gasteiger partial charge in [0.05, 0.1) is 13.7 Å². The van der Waals surface area contributed by atoms with Crippen LogP contribution >= 0.6 is 0 Å². The summed E-state index contributed by atoms with van der Waals surface area (Å²) in [6.07, 6.45) is 3.08. The van der Waals surface area contributed by atoms with Gasteiger partial charge in [-0.2, -0.15) is 0 Å². The van der Waals surface area contributed by atoms with E-state index >= 15 is 0 Å². The molecule has 4 heteroatoms. The van der Waals surface area contributed by atoms with Gasteiger partial charge in [-0.05, 0) is 25.8 Å². The van der Waals surface area contributed by atoms with Crippen molar-refractivity contribution in [1.82, 2.24) is 4.90 Å². The van der Waals surface area contributed by atoms with Gasteiger partial charge in [0.2, 0.25) is 0 Å². The zero-order valence-electron chi connectivity index (χ0n) is 8.57. The summed E-state index contributed by atoms with van der Waals surface area (Å²) in [4.78, 5) is 13.7. The molecule has 4 nitrogen and oxygen atoms in total. The number of rotatable bonds is 2. The lowest BCUT2D eigenvalue weighted by atomic mass is 10.1. The lowest BCUT2D eigenvalue weighted by Gasteiger charge is -2.27. The van der Waals surface area contributed by atoms with E-state index in [0.29, 0.717) is 6.04 Å². The molecule has 0 amide bonds. The Morgan fingerprint density at radius 1 is 1.50 bits per heavy atom. The minimum atomic E-state index is -0.0885. The number of carbonyl (C=O) groups excluding carboxylic acids is 1. The lowest BCUT2D eigenvalue weighted by molar-refractivity contribution is -0.146. The summed E-state index contributed by atoms with van der Waals surface area (Å²) in [6.45, 7) is 2.61. The molecule has 0 N–H and O–H groups in total. The topological polar surface area (TPSA) is 38.8 Å². The highest BCUT2D eigenvalue weighted by Gasteiger charge is 2.37. The van der Waals surface area contributed by atoms with Gasteiger partial charge in [0.15, 0.2) is 0 Å². The van der Waals surface area contributed by atoms with Crippen LogP contribution in [0.5, 0.6) is 0 Å². The third-order valence-corrected chi connectivity index (χ3v) is 3.14. The van der Waals surface area contributed by atoms with Gasteiger partial charge < -0.3 is 9.47 Å². The quantitative estimate of drug-likeness (QED) is 0.604. The van der Waals surface area contributed by atoms with Gasteiger partial charge in [0.1, 0.15) is 6.04 Å². The molecule has 2 atom stereocenters. The minimum absolute atomic E-state index is 0.0216. The summed E-state index contributed by atoms with van der Waals surface area (Å²) in [6, 6.07) is 0.410. The van der Waals surface area contributed by atoms with E-state index in [0.717, 1.165) is 39.0 Å². The predicted molar refractivity (Wildman–Crippen MR) is 51.0 cm³/mol. The van der Waals surface area contributed by atoms with E-state index < -0.39 is 0 Å². The van der Waals surface area contributed by atoms with Crippen molar-refractivity contribution in [2.24, 2.45) is 0 Å². The average Bonchev–Trinajstić information content (AvgIpc) is 2.85. The van der Waals surface area contributed by atoms with Crippen LogP contribution in [0.2, 0.25) is 0 Å². The second-order valence-electron chi connectivity index (χ2n) is 3.94. The lowest BCUT2D eigenvalue weighted by Crippen LogP contribution is -2.44. The molecule has 2 heterocycles. The van der Waals surface area contributed by atoms with E-state index in [9.17, 15) is 4.79 Å². The zero-order valence-corrected chi connectivity index (χ0v) is 8.57. The van der Waals surface area contributed by atoms with Crippen molar-refractivity contribution in [2.45, 2.75) is 31.3 Å². The van der Waals surface area contributed by atoms with Gasteiger partial charge in [0, 0.05) is 12.6 Å². The normalized spacial score (nSPS) is 33.5. The number of esters is 1. The first-order valence-electron chi connectivity index (χ1n) is 5.24. The Labute approximate surface area is 84.2 Å². The number of carbonyl (C=O) groups is 1. The molecule has 2 rings (SSSR count). The standard InChI is InChI=1S/C10H17NO3/c1-13-10(12)9-3-2-5-11(9)8-4-6-14-7-8/h8-9H,2-7H2,1H3. The molecule has 80 valence electrons. The number of nitrogens with zero attached hydrogens (tertiary/aromatic N) is 1. The highest BCUT2D eigenvalue weighted by molar-refractivity contribution is 5.76. The van der Waals surface area contributed by atoms with Crippen molar-refractivity contribution >= 4 is 5.97 Å². The van der Waals surface area contributed by atoms with Crippen molar-refractivity contribution < 1.29 is 14.3 Å². The maximum Gasteiger partial charge on any atom is 0.323 e. The van der Waals surface area contributed by atoms with Crippen LogP contribution in [0.3, 0.4) is 0 Å². The Kier molecular flexibility index (Phi) is 3.03. The van der Waals surface area contributed by atoms with Crippen LogP contribution in [0, 0.1) is 0 Å². The number of likely N-dealkylation sites (tertiary alicyclic amines) is 1. The monoisotopic (exact) mass is 199 g/mol. The Morgan fingerprint density at radius 3 is 3.00 bits per heavy atom. The van der Waals surface area contributed by atoms with Gasteiger partial charge in [-0.15, -0.1) is 0 Å². The molecule has 0 aliphatic carbocycles. The van der Waals surface area contributed by atoms with Crippen molar-refractivity contribution in [3.05, 3.63) is 0 Å².